The molecule has 1 aromatic carbocycles. The number of nitrogen functional groups attached to an aromatic ring is 1. The van der Waals surface area contributed by atoms with Gasteiger partial charge in [-0.1, -0.05) is 12.1 Å². The van der Waals surface area contributed by atoms with Gasteiger partial charge in [0.25, 0.3) is 5.91 Å². The van der Waals surface area contributed by atoms with Crippen molar-refractivity contribution < 1.29 is 9.21 Å². The van der Waals surface area contributed by atoms with Crippen LogP contribution in [0, 0.1) is 6.92 Å². The second-order valence-corrected chi connectivity index (χ2v) is 5.18. The van der Waals surface area contributed by atoms with Crippen molar-refractivity contribution in [3.63, 3.8) is 0 Å². The average Bonchev–Trinajstić information content (AvgIpc) is 2.82. The van der Waals surface area contributed by atoms with E-state index >= 15 is 0 Å². The Balaban J connectivity index is 2.21. The highest BCUT2D eigenvalue weighted by molar-refractivity contribution is 5.91. The zero-order valence-corrected chi connectivity index (χ0v) is 12.1. The predicted molar refractivity (Wildman–Crippen MR) is 79.3 cm³/mol. The molecule has 4 heteroatoms. The molecule has 1 amide bonds. The van der Waals surface area contributed by atoms with E-state index in [1.54, 1.807) is 17.0 Å². The molecule has 1 heterocycles. The Morgan fingerprint density at radius 2 is 2.05 bits per heavy atom. The van der Waals surface area contributed by atoms with Crippen LogP contribution in [0.1, 0.15) is 35.7 Å². The van der Waals surface area contributed by atoms with Crippen LogP contribution < -0.4 is 5.73 Å². The summed E-state index contributed by atoms with van der Waals surface area (Å²) in [4.78, 5) is 14.3. The minimum absolute atomic E-state index is 0.0781. The number of rotatable bonds is 4. The van der Waals surface area contributed by atoms with E-state index in [0.717, 1.165) is 11.3 Å². The van der Waals surface area contributed by atoms with Gasteiger partial charge in [0, 0.05) is 18.3 Å². The Labute approximate surface area is 119 Å². The van der Waals surface area contributed by atoms with Crippen molar-refractivity contribution in [2.45, 2.75) is 33.4 Å². The highest BCUT2D eigenvalue weighted by Crippen LogP contribution is 2.16. The molecular formula is C16H20N2O2. The van der Waals surface area contributed by atoms with Crippen molar-refractivity contribution >= 4 is 11.6 Å². The number of nitrogens with zero attached hydrogens (tertiary/aromatic N) is 1. The molecule has 0 atom stereocenters. The van der Waals surface area contributed by atoms with Gasteiger partial charge in [0.05, 0.1) is 0 Å². The van der Waals surface area contributed by atoms with Gasteiger partial charge in [-0.3, -0.25) is 4.79 Å². The van der Waals surface area contributed by atoms with Crippen LogP contribution in [-0.2, 0) is 6.54 Å². The standard InChI is InChI=1S/C16H20N2O2/c1-11(2)18(10-13-5-4-6-14(17)9-13)16(19)15-8-7-12(3)20-15/h4-9,11H,10,17H2,1-3H3. The monoisotopic (exact) mass is 272 g/mol. The van der Waals surface area contributed by atoms with E-state index in [1.165, 1.54) is 0 Å². The first kappa shape index (κ1) is 14.2. The quantitative estimate of drug-likeness (QED) is 0.869. The van der Waals surface area contributed by atoms with Crippen molar-refractivity contribution in [2.75, 3.05) is 5.73 Å². The number of nitrogens with two attached hydrogens (primary N) is 1. The Morgan fingerprint density at radius 1 is 1.30 bits per heavy atom. The largest absolute Gasteiger partial charge is 0.456 e. The SMILES string of the molecule is Cc1ccc(C(=O)N(Cc2cccc(N)c2)C(C)C)o1. The minimum Gasteiger partial charge on any atom is -0.456 e. The number of anilines is 1. The van der Waals surface area contributed by atoms with E-state index in [4.69, 9.17) is 10.2 Å². The molecular weight excluding hydrogens is 252 g/mol. The average molecular weight is 272 g/mol. The van der Waals surface area contributed by atoms with Crippen LogP contribution in [0.2, 0.25) is 0 Å². The van der Waals surface area contributed by atoms with Crippen molar-refractivity contribution in [2.24, 2.45) is 0 Å². The minimum atomic E-state index is -0.101. The molecule has 106 valence electrons. The van der Waals surface area contributed by atoms with Crippen LogP contribution >= 0.6 is 0 Å². The molecule has 0 saturated carbocycles. The van der Waals surface area contributed by atoms with Gasteiger partial charge in [0.15, 0.2) is 5.76 Å². The summed E-state index contributed by atoms with van der Waals surface area (Å²) in [7, 11) is 0. The summed E-state index contributed by atoms with van der Waals surface area (Å²) in [5.74, 6) is 1.01. The van der Waals surface area contributed by atoms with Gasteiger partial charge in [0.1, 0.15) is 5.76 Å². The molecule has 20 heavy (non-hydrogen) atoms. The molecule has 0 aliphatic rings. The van der Waals surface area contributed by atoms with Crippen molar-refractivity contribution in [1.29, 1.82) is 0 Å². The molecule has 0 unspecified atom stereocenters. The lowest BCUT2D eigenvalue weighted by Gasteiger charge is -2.26. The fourth-order valence-electron chi connectivity index (χ4n) is 2.07. The molecule has 0 saturated heterocycles. The summed E-state index contributed by atoms with van der Waals surface area (Å²) in [5, 5.41) is 0. The van der Waals surface area contributed by atoms with Crippen LogP contribution in [0.25, 0.3) is 0 Å². The van der Waals surface area contributed by atoms with E-state index in [0.29, 0.717) is 18.0 Å². The highest BCUT2D eigenvalue weighted by atomic mass is 16.3. The number of hydrogen-bond donors (Lipinski definition) is 1. The van der Waals surface area contributed by atoms with E-state index < -0.39 is 0 Å². The Hall–Kier alpha value is -2.23. The number of carbonyl (C=O) groups is 1. The van der Waals surface area contributed by atoms with E-state index in [-0.39, 0.29) is 11.9 Å². The molecule has 2 aromatic rings. The van der Waals surface area contributed by atoms with Crippen LogP contribution in [0.4, 0.5) is 5.69 Å². The maximum atomic E-state index is 12.5. The Kier molecular flexibility index (Phi) is 4.13. The lowest BCUT2D eigenvalue weighted by atomic mass is 10.1. The van der Waals surface area contributed by atoms with E-state index in [2.05, 4.69) is 0 Å². The number of benzene rings is 1. The number of aryl methyl sites for hydroxylation is 1. The summed E-state index contributed by atoms with van der Waals surface area (Å²) >= 11 is 0. The second-order valence-electron chi connectivity index (χ2n) is 5.18. The fourth-order valence-corrected chi connectivity index (χ4v) is 2.07. The number of carbonyl (C=O) groups excluding carboxylic acids is 1. The Morgan fingerprint density at radius 3 is 2.60 bits per heavy atom. The maximum absolute atomic E-state index is 12.5. The lowest BCUT2D eigenvalue weighted by Crippen LogP contribution is -2.36. The third-order valence-electron chi connectivity index (χ3n) is 3.14. The van der Waals surface area contributed by atoms with Crippen molar-refractivity contribution in [3.8, 4) is 0 Å². The fraction of sp³-hybridized carbons (Fsp3) is 0.312. The van der Waals surface area contributed by atoms with Gasteiger partial charge in [0.2, 0.25) is 0 Å². The highest BCUT2D eigenvalue weighted by Gasteiger charge is 2.21. The first-order valence-electron chi connectivity index (χ1n) is 6.69. The summed E-state index contributed by atoms with van der Waals surface area (Å²) in [6.07, 6.45) is 0. The van der Waals surface area contributed by atoms with Crippen LogP contribution in [0.5, 0.6) is 0 Å². The zero-order chi connectivity index (χ0) is 14.7. The van der Waals surface area contributed by atoms with Crippen molar-refractivity contribution in [3.05, 3.63) is 53.5 Å². The van der Waals surface area contributed by atoms with Gasteiger partial charge < -0.3 is 15.1 Å². The molecule has 0 radical (unpaired) electrons. The van der Waals surface area contributed by atoms with Crippen LogP contribution in [0.3, 0.4) is 0 Å². The van der Waals surface area contributed by atoms with Gasteiger partial charge in [-0.2, -0.15) is 0 Å². The molecule has 0 bridgehead atoms. The molecule has 0 spiro atoms. The van der Waals surface area contributed by atoms with Gasteiger partial charge >= 0.3 is 0 Å². The second kappa shape index (κ2) is 5.82. The number of hydrogen-bond acceptors (Lipinski definition) is 3. The lowest BCUT2D eigenvalue weighted by molar-refractivity contribution is 0.0656. The molecule has 0 fully saturated rings. The summed E-state index contributed by atoms with van der Waals surface area (Å²) in [6, 6.07) is 11.2. The smallest absolute Gasteiger partial charge is 0.290 e. The first-order valence-corrected chi connectivity index (χ1v) is 6.69. The summed E-state index contributed by atoms with van der Waals surface area (Å²) in [6.45, 7) is 6.32. The Bertz CT molecular complexity index is 602. The predicted octanol–water partition coefficient (Wildman–Crippen LogP) is 3.22. The summed E-state index contributed by atoms with van der Waals surface area (Å²) in [5.41, 5.74) is 7.49. The molecule has 4 nitrogen and oxygen atoms in total. The molecule has 0 aliphatic heterocycles. The first-order chi connectivity index (χ1) is 9.47. The van der Waals surface area contributed by atoms with Crippen LogP contribution in [0.15, 0.2) is 40.8 Å². The third-order valence-corrected chi connectivity index (χ3v) is 3.14. The van der Waals surface area contributed by atoms with Gasteiger partial charge in [-0.15, -0.1) is 0 Å². The van der Waals surface area contributed by atoms with Crippen LogP contribution in [-0.4, -0.2) is 16.8 Å². The normalized spacial score (nSPS) is 10.8. The van der Waals surface area contributed by atoms with Crippen molar-refractivity contribution in [1.82, 2.24) is 4.90 Å². The topological polar surface area (TPSA) is 59.5 Å². The van der Waals surface area contributed by atoms with Gasteiger partial charge in [-0.25, -0.2) is 0 Å². The molecule has 0 aliphatic carbocycles. The zero-order valence-electron chi connectivity index (χ0n) is 12.1. The van der Waals surface area contributed by atoms with Gasteiger partial charge in [-0.05, 0) is 50.6 Å². The molecule has 2 N–H and O–H groups in total. The van der Waals surface area contributed by atoms with E-state index in [9.17, 15) is 4.79 Å². The molecule has 1 aromatic heterocycles. The molecule has 2 rings (SSSR count). The number of furan rings is 1. The number of amides is 1. The summed E-state index contributed by atoms with van der Waals surface area (Å²) < 4.78 is 5.42. The maximum Gasteiger partial charge on any atom is 0.290 e. The third kappa shape index (κ3) is 3.20. The van der Waals surface area contributed by atoms with E-state index in [1.807, 2.05) is 45.0 Å².